The van der Waals surface area contributed by atoms with Crippen LogP contribution in [0.25, 0.3) is 16.7 Å². The minimum Gasteiger partial charge on any atom is -0.473 e. The Kier molecular flexibility index (Phi) is 5.93. The van der Waals surface area contributed by atoms with Gasteiger partial charge >= 0.3 is 0 Å². The average Bonchev–Trinajstić information content (AvgIpc) is 2.69. The van der Waals surface area contributed by atoms with Crippen LogP contribution in [0.4, 0.5) is 10.2 Å². The quantitative estimate of drug-likeness (QED) is 0.577. The molecule has 2 heterocycles. The number of aromatic nitrogens is 2. The first-order valence-corrected chi connectivity index (χ1v) is 9.15. The summed E-state index contributed by atoms with van der Waals surface area (Å²) in [6.45, 7) is 11.0. The molecule has 148 valence electrons. The van der Waals surface area contributed by atoms with E-state index in [1.54, 1.807) is 36.6 Å². The summed E-state index contributed by atoms with van der Waals surface area (Å²) >= 11 is 0. The van der Waals surface area contributed by atoms with E-state index in [0.29, 0.717) is 11.5 Å². The lowest BCUT2D eigenvalue weighted by Gasteiger charge is -2.19. The van der Waals surface area contributed by atoms with E-state index in [9.17, 15) is 9.18 Å². The molecule has 1 N–H and O–H groups in total. The Morgan fingerprint density at radius 3 is 2.59 bits per heavy atom. The SMILES string of the molecule is C=C/C=C(\C=C)Nc1cc(=O)c2cc(F)c(OC(C)C)nc2n1-c1ccccc1. The van der Waals surface area contributed by atoms with Gasteiger partial charge in [0, 0.05) is 17.5 Å². The summed E-state index contributed by atoms with van der Waals surface area (Å²) in [5, 5.41) is 3.32. The van der Waals surface area contributed by atoms with E-state index in [0.717, 1.165) is 5.69 Å². The predicted molar refractivity (Wildman–Crippen MR) is 115 cm³/mol. The van der Waals surface area contributed by atoms with Crippen molar-refractivity contribution in [3.8, 4) is 11.6 Å². The number of anilines is 1. The van der Waals surface area contributed by atoms with Crippen LogP contribution in [0, 0.1) is 5.82 Å². The van der Waals surface area contributed by atoms with E-state index in [1.807, 2.05) is 30.3 Å². The van der Waals surface area contributed by atoms with Gasteiger partial charge in [-0.3, -0.25) is 9.36 Å². The van der Waals surface area contributed by atoms with E-state index in [2.05, 4.69) is 23.5 Å². The highest BCUT2D eigenvalue weighted by Crippen LogP contribution is 2.26. The van der Waals surface area contributed by atoms with Crippen molar-refractivity contribution in [3.05, 3.63) is 95.6 Å². The van der Waals surface area contributed by atoms with Gasteiger partial charge in [0.1, 0.15) is 5.82 Å². The molecule has 3 aromatic rings. The Labute approximate surface area is 168 Å². The Morgan fingerprint density at radius 2 is 1.97 bits per heavy atom. The molecule has 2 aromatic heterocycles. The van der Waals surface area contributed by atoms with Gasteiger partial charge in [-0.1, -0.05) is 37.4 Å². The summed E-state index contributed by atoms with van der Waals surface area (Å²) in [7, 11) is 0. The number of hydrogen-bond donors (Lipinski definition) is 1. The molecule has 0 aliphatic carbocycles. The molecule has 0 amide bonds. The van der Waals surface area contributed by atoms with Gasteiger partial charge in [-0.25, -0.2) is 4.39 Å². The third-order valence-electron chi connectivity index (χ3n) is 4.06. The second kappa shape index (κ2) is 8.56. The van der Waals surface area contributed by atoms with E-state index >= 15 is 0 Å². The fraction of sp³-hybridized carbons (Fsp3) is 0.130. The molecule has 0 saturated carbocycles. The number of allylic oxidation sites excluding steroid dienone is 3. The normalized spacial score (nSPS) is 11.5. The maximum Gasteiger partial charge on any atom is 0.252 e. The van der Waals surface area contributed by atoms with E-state index < -0.39 is 5.82 Å². The first-order chi connectivity index (χ1) is 13.9. The van der Waals surface area contributed by atoms with Gasteiger partial charge in [-0.05, 0) is 44.2 Å². The summed E-state index contributed by atoms with van der Waals surface area (Å²) in [6, 6.07) is 11.9. The smallest absolute Gasteiger partial charge is 0.252 e. The van der Waals surface area contributed by atoms with Gasteiger partial charge in [-0.15, -0.1) is 0 Å². The van der Waals surface area contributed by atoms with Gasteiger partial charge in [0.25, 0.3) is 5.88 Å². The van der Waals surface area contributed by atoms with E-state index in [-0.39, 0.29) is 28.4 Å². The molecule has 1 aromatic carbocycles. The standard InChI is InChI=1S/C23H22FN3O2/c1-5-10-16(6-2)25-21-14-20(28)18-13-19(24)23(29-15(3)4)26-22(18)27(21)17-11-8-7-9-12-17/h5-15,25H,1-2H2,3-4H3/b16-10+. The molecule has 0 spiro atoms. The molecule has 3 rings (SSSR count). The fourth-order valence-electron chi connectivity index (χ4n) is 2.87. The first kappa shape index (κ1) is 20.1. The van der Waals surface area contributed by atoms with Crippen molar-refractivity contribution in [3.63, 3.8) is 0 Å². The highest BCUT2D eigenvalue weighted by atomic mass is 19.1. The monoisotopic (exact) mass is 391 g/mol. The highest BCUT2D eigenvalue weighted by molar-refractivity contribution is 5.81. The van der Waals surface area contributed by atoms with Gasteiger partial charge in [0.05, 0.1) is 11.5 Å². The van der Waals surface area contributed by atoms with Crippen LogP contribution < -0.4 is 15.5 Å². The van der Waals surface area contributed by atoms with Crippen LogP contribution >= 0.6 is 0 Å². The Morgan fingerprint density at radius 1 is 1.24 bits per heavy atom. The van der Waals surface area contributed by atoms with Crippen molar-refractivity contribution in [2.75, 3.05) is 5.32 Å². The summed E-state index contributed by atoms with van der Waals surface area (Å²) < 4.78 is 21.7. The van der Waals surface area contributed by atoms with E-state index in [1.165, 1.54) is 12.1 Å². The van der Waals surface area contributed by atoms with Crippen molar-refractivity contribution in [2.24, 2.45) is 0 Å². The molecular weight excluding hydrogens is 369 g/mol. The van der Waals surface area contributed by atoms with Crippen LogP contribution in [-0.4, -0.2) is 15.7 Å². The largest absolute Gasteiger partial charge is 0.473 e. The van der Waals surface area contributed by atoms with Crippen molar-refractivity contribution < 1.29 is 9.13 Å². The first-order valence-electron chi connectivity index (χ1n) is 9.15. The maximum atomic E-state index is 14.5. The number of fused-ring (bicyclic) bond motifs is 1. The number of hydrogen-bond acceptors (Lipinski definition) is 4. The number of nitrogens with zero attached hydrogens (tertiary/aromatic N) is 2. The van der Waals surface area contributed by atoms with Crippen LogP contribution in [0.2, 0.25) is 0 Å². The molecule has 0 radical (unpaired) electrons. The predicted octanol–water partition coefficient (Wildman–Crippen LogP) is 4.98. The number of halogens is 1. The molecule has 6 heteroatoms. The molecule has 0 atom stereocenters. The summed E-state index contributed by atoms with van der Waals surface area (Å²) in [5.41, 5.74) is 1.31. The number of pyridine rings is 2. The molecule has 29 heavy (non-hydrogen) atoms. The number of para-hydroxylation sites is 1. The van der Waals surface area contributed by atoms with Crippen LogP contribution in [0.5, 0.6) is 5.88 Å². The Hall–Kier alpha value is -3.67. The van der Waals surface area contributed by atoms with Crippen LogP contribution in [0.1, 0.15) is 13.8 Å². The lowest BCUT2D eigenvalue weighted by Crippen LogP contribution is -2.16. The van der Waals surface area contributed by atoms with Crippen LogP contribution in [0.15, 0.2) is 84.3 Å². The van der Waals surface area contributed by atoms with Gasteiger partial charge in [0.15, 0.2) is 16.9 Å². The second-order valence-corrected chi connectivity index (χ2v) is 6.56. The molecule has 0 fully saturated rings. The summed E-state index contributed by atoms with van der Waals surface area (Å²) in [5.74, 6) is -0.377. The van der Waals surface area contributed by atoms with E-state index in [4.69, 9.17) is 4.74 Å². The van der Waals surface area contributed by atoms with Crippen LogP contribution in [0.3, 0.4) is 0 Å². The van der Waals surface area contributed by atoms with Crippen LogP contribution in [-0.2, 0) is 0 Å². The molecular formula is C23H22FN3O2. The maximum absolute atomic E-state index is 14.5. The average molecular weight is 391 g/mol. The third-order valence-corrected chi connectivity index (χ3v) is 4.06. The summed E-state index contributed by atoms with van der Waals surface area (Å²) in [6.07, 6.45) is 4.67. The second-order valence-electron chi connectivity index (χ2n) is 6.56. The zero-order chi connectivity index (χ0) is 21.0. The lowest BCUT2D eigenvalue weighted by molar-refractivity contribution is 0.221. The molecule has 0 saturated heterocycles. The Bertz CT molecular complexity index is 1150. The zero-order valence-electron chi connectivity index (χ0n) is 16.4. The minimum atomic E-state index is -0.679. The molecule has 0 unspecified atom stereocenters. The topological polar surface area (TPSA) is 56.1 Å². The third kappa shape index (κ3) is 4.27. The number of rotatable bonds is 7. The van der Waals surface area contributed by atoms with Gasteiger partial charge < -0.3 is 10.1 Å². The molecule has 0 bridgehead atoms. The minimum absolute atomic E-state index is 0.153. The highest BCUT2D eigenvalue weighted by Gasteiger charge is 2.17. The Balaban J connectivity index is 2.36. The lowest BCUT2D eigenvalue weighted by atomic mass is 10.2. The van der Waals surface area contributed by atoms with Gasteiger partial charge in [0.2, 0.25) is 0 Å². The number of benzene rings is 1. The molecule has 0 aliphatic rings. The number of ether oxygens (including phenoxy) is 1. The van der Waals surface area contributed by atoms with Crippen molar-refractivity contribution >= 4 is 16.9 Å². The zero-order valence-corrected chi connectivity index (χ0v) is 16.4. The molecule has 0 aliphatic heterocycles. The van der Waals surface area contributed by atoms with Crippen molar-refractivity contribution in [1.29, 1.82) is 0 Å². The van der Waals surface area contributed by atoms with Crippen molar-refractivity contribution in [2.45, 2.75) is 20.0 Å². The fourth-order valence-corrected chi connectivity index (χ4v) is 2.87. The van der Waals surface area contributed by atoms with Gasteiger partial charge in [-0.2, -0.15) is 4.98 Å². The molecule has 5 nitrogen and oxygen atoms in total. The summed E-state index contributed by atoms with van der Waals surface area (Å²) in [4.78, 5) is 17.1. The number of nitrogens with one attached hydrogen (secondary N) is 1. The van der Waals surface area contributed by atoms with Crippen molar-refractivity contribution in [1.82, 2.24) is 9.55 Å².